The maximum atomic E-state index is 11.5. The molecule has 1 heterocycles. The van der Waals surface area contributed by atoms with E-state index in [0.29, 0.717) is 11.3 Å². The lowest BCUT2D eigenvalue weighted by Gasteiger charge is -2.13. The SMILES string of the molecule is COc1ccc(-n2c(-c3ccccc3)cc(C(=O)O)c2C)cc1. The summed E-state index contributed by atoms with van der Waals surface area (Å²) in [6, 6.07) is 19.1. The molecule has 0 amide bonds. The van der Waals surface area contributed by atoms with Crippen molar-refractivity contribution < 1.29 is 14.6 Å². The number of ether oxygens (including phenoxy) is 1. The van der Waals surface area contributed by atoms with Gasteiger partial charge in [0.2, 0.25) is 0 Å². The van der Waals surface area contributed by atoms with Gasteiger partial charge in [-0.15, -0.1) is 0 Å². The third-order valence-electron chi connectivity index (χ3n) is 3.88. The van der Waals surface area contributed by atoms with Crippen LogP contribution in [0.4, 0.5) is 0 Å². The monoisotopic (exact) mass is 307 g/mol. The van der Waals surface area contributed by atoms with E-state index in [9.17, 15) is 9.90 Å². The standard InChI is InChI=1S/C19H17NO3/c1-13-17(19(21)22)12-18(14-6-4-3-5-7-14)20(13)15-8-10-16(23-2)11-9-15/h3-12H,1-2H3,(H,21,22). The number of nitrogens with zero attached hydrogens (tertiary/aromatic N) is 1. The van der Waals surface area contributed by atoms with Crippen molar-refractivity contribution in [1.82, 2.24) is 4.57 Å². The number of aromatic carboxylic acids is 1. The highest BCUT2D eigenvalue weighted by Crippen LogP contribution is 2.30. The Morgan fingerprint density at radius 1 is 1.04 bits per heavy atom. The van der Waals surface area contributed by atoms with E-state index in [-0.39, 0.29) is 0 Å². The van der Waals surface area contributed by atoms with Crippen LogP contribution >= 0.6 is 0 Å². The van der Waals surface area contributed by atoms with E-state index in [2.05, 4.69) is 0 Å². The van der Waals surface area contributed by atoms with Crippen molar-refractivity contribution >= 4 is 5.97 Å². The topological polar surface area (TPSA) is 51.5 Å². The molecule has 3 rings (SSSR count). The van der Waals surface area contributed by atoms with Gasteiger partial charge in [0.05, 0.1) is 18.4 Å². The fourth-order valence-electron chi connectivity index (χ4n) is 2.71. The van der Waals surface area contributed by atoms with Crippen LogP contribution in [0.25, 0.3) is 16.9 Å². The van der Waals surface area contributed by atoms with Gasteiger partial charge in [-0.25, -0.2) is 4.79 Å². The Labute approximate surface area is 134 Å². The van der Waals surface area contributed by atoms with Gasteiger partial charge in [-0.3, -0.25) is 0 Å². The Morgan fingerprint density at radius 2 is 1.70 bits per heavy atom. The molecule has 0 atom stereocenters. The minimum Gasteiger partial charge on any atom is -0.497 e. The van der Waals surface area contributed by atoms with Crippen LogP contribution in [0.2, 0.25) is 0 Å². The summed E-state index contributed by atoms with van der Waals surface area (Å²) in [5.74, 6) is -0.162. The molecule has 23 heavy (non-hydrogen) atoms. The van der Waals surface area contributed by atoms with Crippen LogP contribution in [0.5, 0.6) is 5.75 Å². The van der Waals surface area contributed by atoms with Crippen LogP contribution in [0, 0.1) is 6.92 Å². The Bertz CT molecular complexity index is 833. The number of hydrogen-bond donors (Lipinski definition) is 1. The van der Waals surface area contributed by atoms with E-state index >= 15 is 0 Å². The molecule has 4 nitrogen and oxygen atoms in total. The van der Waals surface area contributed by atoms with Crippen molar-refractivity contribution in [2.24, 2.45) is 0 Å². The number of hydrogen-bond acceptors (Lipinski definition) is 2. The van der Waals surface area contributed by atoms with Gasteiger partial charge in [0.15, 0.2) is 0 Å². The van der Waals surface area contributed by atoms with E-state index in [1.807, 2.05) is 66.1 Å². The average molecular weight is 307 g/mol. The Morgan fingerprint density at radius 3 is 2.26 bits per heavy atom. The van der Waals surface area contributed by atoms with Gasteiger partial charge in [0, 0.05) is 11.4 Å². The van der Waals surface area contributed by atoms with E-state index < -0.39 is 5.97 Å². The maximum absolute atomic E-state index is 11.5. The Balaban J connectivity index is 2.23. The van der Waals surface area contributed by atoms with Crippen molar-refractivity contribution in [2.75, 3.05) is 7.11 Å². The number of benzene rings is 2. The molecule has 0 saturated carbocycles. The lowest BCUT2D eigenvalue weighted by molar-refractivity contribution is 0.0696. The molecule has 116 valence electrons. The molecule has 1 aromatic heterocycles. The van der Waals surface area contributed by atoms with E-state index in [1.54, 1.807) is 13.2 Å². The van der Waals surface area contributed by atoms with Crippen LogP contribution in [0.1, 0.15) is 16.1 Å². The van der Waals surface area contributed by atoms with Crippen LogP contribution in [-0.2, 0) is 0 Å². The zero-order chi connectivity index (χ0) is 16.4. The van der Waals surface area contributed by atoms with Gasteiger partial charge in [-0.05, 0) is 42.8 Å². The first-order valence-corrected chi connectivity index (χ1v) is 7.27. The first-order chi connectivity index (χ1) is 11.1. The lowest BCUT2D eigenvalue weighted by Crippen LogP contribution is -2.02. The second-order valence-electron chi connectivity index (χ2n) is 5.23. The third kappa shape index (κ3) is 2.71. The van der Waals surface area contributed by atoms with E-state index in [1.165, 1.54) is 0 Å². The summed E-state index contributed by atoms with van der Waals surface area (Å²) in [7, 11) is 1.62. The maximum Gasteiger partial charge on any atom is 0.337 e. The molecule has 0 spiro atoms. The smallest absolute Gasteiger partial charge is 0.337 e. The summed E-state index contributed by atoms with van der Waals surface area (Å²) in [5, 5.41) is 9.45. The molecule has 2 aromatic carbocycles. The number of carbonyl (C=O) groups is 1. The van der Waals surface area contributed by atoms with Crippen molar-refractivity contribution in [3.63, 3.8) is 0 Å². The van der Waals surface area contributed by atoms with Crippen molar-refractivity contribution in [3.05, 3.63) is 71.9 Å². The van der Waals surface area contributed by atoms with Crippen LogP contribution in [0.15, 0.2) is 60.7 Å². The minimum atomic E-state index is -0.924. The fourth-order valence-corrected chi connectivity index (χ4v) is 2.71. The van der Waals surface area contributed by atoms with Crippen LogP contribution < -0.4 is 4.74 Å². The molecule has 0 radical (unpaired) electrons. The van der Waals surface area contributed by atoms with Gasteiger partial charge >= 0.3 is 5.97 Å². The summed E-state index contributed by atoms with van der Waals surface area (Å²) in [6.07, 6.45) is 0. The summed E-state index contributed by atoms with van der Waals surface area (Å²) in [5.41, 5.74) is 3.72. The first kappa shape index (κ1) is 14.9. The number of carboxylic acid groups (broad SMARTS) is 1. The first-order valence-electron chi connectivity index (χ1n) is 7.27. The molecule has 0 saturated heterocycles. The molecule has 1 N–H and O–H groups in total. The Hall–Kier alpha value is -3.01. The van der Waals surface area contributed by atoms with E-state index in [0.717, 1.165) is 22.7 Å². The molecule has 0 aliphatic carbocycles. The molecule has 0 fully saturated rings. The molecule has 4 heteroatoms. The predicted molar refractivity (Wildman–Crippen MR) is 89.5 cm³/mol. The van der Waals surface area contributed by atoms with Crippen molar-refractivity contribution in [3.8, 4) is 22.7 Å². The quantitative estimate of drug-likeness (QED) is 0.787. The predicted octanol–water partition coefficient (Wildman–Crippen LogP) is 4.16. The summed E-state index contributed by atoms with van der Waals surface area (Å²) in [4.78, 5) is 11.5. The molecule has 0 unspecified atom stereocenters. The molecule has 0 aliphatic rings. The number of methoxy groups -OCH3 is 1. The molecular weight excluding hydrogens is 290 g/mol. The largest absolute Gasteiger partial charge is 0.497 e. The zero-order valence-corrected chi connectivity index (χ0v) is 13.0. The second-order valence-corrected chi connectivity index (χ2v) is 5.23. The Kier molecular flexibility index (Phi) is 3.89. The minimum absolute atomic E-state index is 0.305. The van der Waals surface area contributed by atoms with E-state index in [4.69, 9.17) is 4.74 Å². The van der Waals surface area contributed by atoms with Gasteiger partial charge in [0.25, 0.3) is 0 Å². The normalized spacial score (nSPS) is 10.5. The molecule has 0 aliphatic heterocycles. The third-order valence-corrected chi connectivity index (χ3v) is 3.88. The van der Waals surface area contributed by atoms with Gasteiger partial charge in [-0.2, -0.15) is 0 Å². The number of aromatic nitrogens is 1. The summed E-state index contributed by atoms with van der Waals surface area (Å²) in [6.45, 7) is 1.82. The second kappa shape index (κ2) is 6.01. The molecule has 0 bridgehead atoms. The fraction of sp³-hybridized carbons (Fsp3) is 0.105. The zero-order valence-electron chi connectivity index (χ0n) is 13.0. The number of carboxylic acids is 1. The van der Waals surface area contributed by atoms with Gasteiger partial charge in [0.1, 0.15) is 5.75 Å². The van der Waals surface area contributed by atoms with Crippen LogP contribution in [0.3, 0.4) is 0 Å². The van der Waals surface area contributed by atoms with Gasteiger partial charge < -0.3 is 14.4 Å². The summed E-state index contributed by atoms with van der Waals surface area (Å²) >= 11 is 0. The average Bonchev–Trinajstić information content (AvgIpc) is 2.93. The lowest BCUT2D eigenvalue weighted by atomic mass is 10.1. The van der Waals surface area contributed by atoms with Crippen molar-refractivity contribution in [1.29, 1.82) is 0 Å². The van der Waals surface area contributed by atoms with Crippen molar-refractivity contribution in [2.45, 2.75) is 6.92 Å². The summed E-state index contributed by atoms with van der Waals surface area (Å²) < 4.78 is 7.15. The highest BCUT2D eigenvalue weighted by atomic mass is 16.5. The highest BCUT2D eigenvalue weighted by molar-refractivity contribution is 5.91. The van der Waals surface area contributed by atoms with Crippen LogP contribution in [-0.4, -0.2) is 22.8 Å². The molecule has 3 aromatic rings. The number of rotatable bonds is 4. The van der Waals surface area contributed by atoms with Gasteiger partial charge in [-0.1, -0.05) is 30.3 Å². The highest BCUT2D eigenvalue weighted by Gasteiger charge is 2.18. The molecular formula is C19H17NO3.